The van der Waals surface area contributed by atoms with Crippen LogP contribution >= 0.6 is 0 Å². The van der Waals surface area contributed by atoms with Crippen LogP contribution in [0.1, 0.15) is 27.2 Å². The van der Waals surface area contributed by atoms with Crippen LogP contribution < -0.4 is 15.4 Å². The number of aromatic nitrogens is 3. The molecule has 1 fully saturated rings. The van der Waals surface area contributed by atoms with E-state index in [0.29, 0.717) is 19.2 Å². The number of anilines is 2. The Morgan fingerprint density at radius 3 is 2.89 bits per heavy atom. The fourth-order valence-electron chi connectivity index (χ4n) is 2.01. The molecule has 0 aliphatic carbocycles. The SMILES string of the molecule is CCC1COCCN1c1nc(N)nc(OC(C)C)n1. The Morgan fingerprint density at radius 1 is 1.42 bits per heavy atom. The zero-order valence-corrected chi connectivity index (χ0v) is 11.7. The van der Waals surface area contributed by atoms with E-state index in [1.54, 1.807) is 0 Å². The first-order chi connectivity index (χ1) is 9.10. The van der Waals surface area contributed by atoms with Gasteiger partial charge in [0.2, 0.25) is 11.9 Å². The summed E-state index contributed by atoms with van der Waals surface area (Å²) in [6.45, 7) is 8.06. The van der Waals surface area contributed by atoms with Crippen molar-refractivity contribution >= 4 is 11.9 Å². The standard InChI is InChI=1S/C12H21N5O2/c1-4-9-7-18-6-5-17(9)11-14-10(13)15-12(16-11)19-8(2)3/h8-9H,4-7H2,1-3H3,(H2,13,14,15,16). The summed E-state index contributed by atoms with van der Waals surface area (Å²) < 4.78 is 11.0. The Kier molecular flexibility index (Phi) is 4.36. The Morgan fingerprint density at radius 2 is 2.21 bits per heavy atom. The van der Waals surface area contributed by atoms with Gasteiger partial charge in [0.1, 0.15) is 0 Å². The molecule has 0 bridgehead atoms. The van der Waals surface area contributed by atoms with Crippen molar-refractivity contribution in [3.63, 3.8) is 0 Å². The van der Waals surface area contributed by atoms with Gasteiger partial charge < -0.3 is 20.1 Å². The normalized spacial score (nSPS) is 19.8. The van der Waals surface area contributed by atoms with E-state index in [-0.39, 0.29) is 24.1 Å². The second-order valence-electron chi connectivity index (χ2n) is 4.77. The minimum Gasteiger partial charge on any atom is -0.461 e. The lowest BCUT2D eigenvalue weighted by Crippen LogP contribution is -2.46. The summed E-state index contributed by atoms with van der Waals surface area (Å²) in [6, 6.07) is 0.543. The maximum atomic E-state index is 5.73. The minimum absolute atomic E-state index is 0.00121. The van der Waals surface area contributed by atoms with Crippen LogP contribution in [0.2, 0.25) is 0 Å². The molecule has 7 heteroatoms. The van der Waals surface area contributed by atoms with E-state index in [9.17, 15) is 0 Å². The molecule has 19 heavy (non-hydrogen) atoms. The fraction of sp³-hybridized carbons (Fsp3) is 0.750. The summed E-state index contributed by atoms with van der Waals surface area (Å²) in [7, 11) is 0. The first kappa shape index (κ1) is 13.8. The van der Waals surface area contributed by atoms with Gasteiger partial charge in [-0.3, -0.25) is 0 Å². The van der Waals surface area contributed by atoms with Crippen molar-refractivity contribution < 1.29 is 9.47 Å². The van der Waals surface area contributed by atoms with E-state index < -0.39 is 0 Å². The van der Waals surface area contributed by atoms with Gasteiger partial charge in [0.25, 0.3) is 0 Å². The van der Waals surface area contributed by atoms with Crippen molar-refractivity contribution in [3.8, 4) is 6.01 Å². The third kappa shape index (κ3) is 3.44. The van der Waals surface area contributed by atoms with Crippen LogP contribution in [0.3, 0.4) is 0 Å². The van der Waals surface area contributed by atoms with E-state index in [4.69, 9.17) is 15.2 Å². The first-order valence-corrected chi connectivity index (χ1v) is 6.62. The predicted molar refractivity (Wildman–Crippen MR) is 72.2 cm³/mol. The van der Waals surface area contributed by atoms with Gasteiger partial charge in [-0.15, -0.1) is 0 Å². The third-order valence-electron chi connectivity index (χ3n) is 2.92. The molecule has 1 aromatic heterocycles. The van der Waals surface area contributed by atoms with E-state index in [2.05, 4.69) is 26.8 Å². The van der Waals surface area contributed by atoms with Crippen molar-refractivity contribution in [3.05, 3.63) is 0 Å². The predicted octanol–water partition coefficient (Wildman–Crippen LogP) is 0.856. The molecular formula is C12H21N5O2. The number of rotatable bonds is 4. The Balaban J connectivity index is 2.24. The lowest BCUT2D eigenvalue weighted by molar-refractivity contribution is 0.0919. The molecule has 1 atom stereocenters. The van der Waals surface area contributed by atoms with Crippen LogP contribution in [0, 0.1) is 0 Å². The lowest BCUT2D eigenvalue weighted by atomic mass is 10.2. The van der Waals surface area contributed by atoms with Gasteiger partial charge in [0, 0.05) is 6.54 Å². The average Bonchev–Trinajstić information content (AvgIpc) is 2.37. The zero-order valence-electron chi connectivity index (χ0n) is 11.7. The van der Waals surface area contributed by atoms with Gasteiger partial charge in [-0.2, -0.15) is 15.0 Å². The molecule has 106 valence electrons. The summed E-state index contributed by atoms with van der Waals surface area (Å²) in [4.78, 5) is 14.7. The average molecular weight is 267 g/mol. The van der Waals surface area contributed by atoms with Crippen LogP contribution in [-0.4, -0.2) is 46.9 Å². The molecule has 0 aromatic carbocycles. The molecule has 7 nitrogen and oxygen atoms in total. The van der Waals surface area contributed by atoms with Crippen LogP contribution in [0.15, 0.2) is 0 Å². The molecule has 1 saturated heterocycles. The minimum atomic E-state index is 0.00121. The van der Waals surface area contributed by atoms with Crippen LogP contribution in [0.25, 0.3) is 0 Å². The number of morpholine rings is 1. The van der Waals surface area contributed by atoms with Gasteiger partial charge in [-0.05, 0) is 20.3 Å². The quantitative estimate of drug-likeness (QED) is 0.865. The molecule has 1 aromatic rings. The van der Waals surface area contributed by atoms with Crippen LogP contribution in [-0.2, 0) is 4.74 Å². The van der Waals surface area contributed by atoms with Crippen LogP contribution in [0.5, 0.6) is 6.01 Å². The first-order valence-electron chi connectivity index (χ1n) is 6.62. The van der Waals surface area contributed by atoms with Gasteiger partial charge >= 0.3 is 6.01 Å². The summed E-state index contributed by atoms with van der Waals surface area (Å²) in [6.07, 6.45) is 0.965. The monoisotopic (exact) mass is 267 g/mol. The largest absolute Gasteiger partial charge is 0.461 e. The Bertz CT molecular complexity index is 427. The number of nitrogens with two attached hydrogens (primary N) is 1. The molecule has 0 radical (unpaired) electrons. The molecule has 2 N–H and O–H groups in total. The van der Waals surface area contributed by atoms with Crippen LogP contribution in [0.4, 0.5) is 11.9 Å². The van der Waals surface area contributed by atoms with Gasteiger partial charge in [0.05, 0.1) is 25.4 Å². The highest BCUT2D eigenvalue weighted by molar-refractivity contribution is 5.37. The molecule has 1 aliphatic heterocycles. The molecule has 2 heterocycles. The number of nitrogen functional groups attached to an aromatic ring is 1. The molecule has 2 rings (SSSR count). The summed E-state index contributed by atoms with van der Waals surface area (Å²) in [5.41, 5.74) is 5.73. The van der Waals surface area contributed by atoms with Crippen molar-refractivity contribution in [2.24, 2.45) is 0 Å². The molecule has 1 aliphatic rings. The highest BCUT2D eigenvalue weighted by Crippen LogP contribution is 2.20. The maximum Gasteiger partial charge on any atom is 0.323 e. The lowest BCUT2D eigenvalue weighted by Gasteiger charge is -2.35. The maximum absolute atomic E-state index is 5.73. The van der Waals surface area contributed by atoms with Crippen molar-refractivity contribution in [1.29, 1.82) is 0 Å². The van der Waals surface area contributed by atoms with Crippen molar-refractivity contribution in [2.75, 3.05) is 30.4 Å². The number of hydrogen-bond donors (Lipinski definition) is 1. The summed E-state index contributed by atoms with van der Waals surface area (Å²) >= 11 is 0. The topological polar surface area (TPSA) is 86.4 Å². The van der Waals surface area contributed by atoms with Gasteiger partial charge in [-0.25, -0.2) is 0 Å². The molecule has 0 spiro atoms. The molecule has 0 saturated carbocycles. The van der Waals surface area contributed by atoms with E-state index in [1.165, 1.54) is 0 Å². The highest BCUT2D eigenvalue weighted by atomic mass is 16.5. The highest BCUT2D eigenvalue weighted by Gasteiger charge is 2.25. The molecular weight excluding hydrogens is 246 g/mol. The number of hydrogen-bond acceptors (Lipinski definition) is 7. The number of ether oxygens (including phenoxy) is 2. The zero-order chi connectivity index (χ0) is 13.8. The summed E-state index contributed by atoms with van der Waals surface area (Å²) in [5.74, 6) is 0.750. The van der Waals surface area contributed by atoms with Crippen molar-refractivity contribution in [1.82, 2.24) is 15.0 Å². The second-order valence-corrected chi connectivity index (χ2v) is 4.77. The smallest absolute Gasteiger partial charge is 0.323 e. The van der Waals surface area contributed by atoms with Gasteiger partial charge in [0.15, 0.2) is 0 Å². The second kappa shape index (κ2) is 6.01. The Hall–Kier alpha value is -1.63. The van der Waals surface area contributed by atoms with Gasteiger partial charge in [-0.1, -0.05) is 6.92 Å². The van der Waals surface area contributed by atoms with E-state index >= 15 is 0 Å². The molecule has 0 amide bonds. The number of nitrogens with zero attached hydrogens (tertiary/aromatic N) is 4. The molecule has 1 unspecified atom stereocenters. The van der Waals surface area contributed by atoms with E-state index in [0.717, 1.165) is 13.0 Å². The third-order valence-corrected chi connectivity index (χ3v) is 2.92. The van der Waals surface area contributed by atoms with E-state index in [1.807, 2.05) is 13.8 Å². The Labute approximate surface area is 113 Å². The van der Waals surface area contributed by atoms with Crippen molar-refractivity contribution in [2.45, 2.75) is 39.3 Å². The summed E-state index contributed by atoms with van der Waals surface area (Å²) in [5, 5.41) is 0. The fourth-order valence-corrected chi connectivity index (χ4v) is 2.01.